The van der Waals surface area contributed by atoms with Gasteiger partial charge in [-0.2, -0.15) is 0 Å². The fourth-order valence-electron chi connectivity index (χ4n) is 2.43. The van der Waals surface area contributed by atoms with E-state index in [9.17, 15) is 14.0 Å². The Balaban J connectivity index is 1.83. The van der Waals surface area contributed by atoms with E-state index in [0.717, 1.165) is 18.4 Å². The summed E-state index contributed by atoms with van der Waals surface area (Å²) in [5, 5.41) is 5.10. The lowest BCUT2D eigenvalue weighted by Gasteiger charge is -2.12. The highest BCUT2D eigenvalue weighted by Crippen LogP contribution is 2.28. The number of ether oxygens (including phenoxy) is 2. The number of carbonyl (C=O) groups excluding carboxylic acids is 2. The van der Waals surface area contributed by atoms with E-state index in [1.807, 2.05) is 6.07 Å². The van der Waals surface area contributed by atoms with Gasteiger partial charge in [-0.1, -0.05) is 31.5 Å². The van der Waals surface area contributed by atoms with Crippen LogP contribution in [-0.4, -0.2) is 32.1 Å². The number of methoxy groups -OCH3 is 1. The first kappa shape index (κ1) is 21.2. The van der Waals surface area contributed by atoms with Crippen molar-refractivity contribution in [1.29, 1.82) is 0 Å². The van der Waals surface area contributed by atoms with Crippen molar-refractivity contribution in [2.45, 2.75) is 26.3 Å². The zero-order valence-corrected chi connectivity index (χ0v) is 16.1. The SMILES string of the molecule is CCCCOc1ccc(CNC(=O)CNC(=O)c2ccccc2F)cc1OC. The van der Waals surface area contributed by atoms with E-state index in [4.69, 9.17) is 9.47 Å². The van der Waals surface area contributed by atoms with Gasteiger partial charge in [-0.15, -0.1) is 0 Å². The summed E-state index contributed by atoms with van der Waals surface area (Å²) in [5.74, 6) is -0.400. The molecular formula is C21H25FN2O4. The van der Waals surface area contributed by atoms with Gasteiger partial charge < -0.3 is 20.1 Å². The lowest BCUT2D eigenvalue weighted by atomic mass is 10.2. The molecule has 2 amide bonds. The van der Waals surface area contributed by atoms with Gasteiger partial charge in [-0.05, 0) is 36.2 Å². The van der Waals surface area contributed by atoms with Crippen LogP contribution in [0.5, 0.6) is 11.5 Å². The molecule has 2 aromatic rings. The first-order valence-electron chi connectivity index (χ1n) is 9.14. The van der Waals surface area contributed by atoms with Crippen molar-refractivity contribution >= 4 is 11.8 Å². The molecule has 0 saturated carbocycles. The summed E-state index contributed by atoms with van der Waals surface area (Å²) in [6, 6.07) is 11.0. The number of amides is 2. The second kappa shape index (κ2) is 10.9. The molecule has 6 nitrogen and oxygen atoms in total. The Bertz CT molecular complexity index is 811. The highest BCUT2D eigenvalue weighted by Gasteiger charge is 2.12. The Labute approximate surface area is 164 Å². The van der Waals surface area contributed by atoms with E-state index in [1.165, 1.54) is 18.2 Å². The molecular weight excluding hydrogens is 363 g/mol. The third-order valence-corrected chi connectivity index (χ3v) is 4.00. The minimum absolute atomic E-state index is 0.0984. The fraction of sp³-hybridized carbons (Fsp3) is 0.333. The summed E-state index contributed by atoms with van der Waals surface area (Å²) >= 11 is 0. The van der Waals surface area contributed by atoms with Gasteiger partial charge in [0.1, 0.15) is 5.82 Å². The van der Waals surface area contributed by atoms with Crippen LogP contribution in [0.2, 0.25) is 0 Å². The van der Waals surface area contributed by atoms with Gasteiger partial charge in [0.05, 0.1) is 25.8 Å². The summed E-state index contributed by atoms with van der Waals surface area (Å²) < 4.78 is 24.6. The molecule has 0 aromatic heterocycles. The number of rotatable bonds is 10. The van der Waals surface area contributed by atoms with E-state index in [2.05, 4.69) is 17.6 Å². The lowest BCUT2D eigenvalue weighted by molar-refractivity contribution is -0.120. The van der Waals surface area contributed by atoms with E-state index < -0.39 is 11.7 Å². The maximum absolute atomic E-state index is 13.6. The average molecular weight is 388 g/mol. The van der Waals surface area contributed by atoms with Crippen molar-refractivity contribution in [1.82, 2.24) is 10.6 Å². The minimum atomic E-state index is -0.636. The third kappa shape index (κ3) is 6.26. The third-order valence-electron chi connectivity index (χ3n) is 4.00. The number of hydrogen-bond donors (Lipinski definition) is 2. The predicted molar refractivity (Wildman–Crippen MR) is 104 cm³/mol. The molecule has 0 unspecified atom stereocenters. The normalized spacial score (nSPS) is 10.2. The van der Waals surface area contributed by atoms with Crippen LogP contribution in [0, 0.1) is 5.82 Å². The van der Waals surface area contributed by atoms with Crippen LogP contribution in [0.1, 0.15) is 35.7 Å². The van der Waals surface area contributed by atoms with E-state index >= 15 is 0 Å². The summed E-state index contributed by atoms with van der Waals surface area (Å²) in [4.78, 5) is 23.9. The number of unbranched alkanes of at least 4 members (excludes halogenated alkanes) is 1. The van der Waals surface area contributed by atoms with Crippen molar-refractivity contribution < 1.29 is 23.5 Å². The maximum Gasteiger partial charge on any atom is 0.254 e. The summed E-state index contributed by atoms with van der Waals surface area (Å²) in [6.07, 6.45) is 2.00. The van der Waals surface area contributed by atoms with E-state index in [1.54, 1.807) is 25.3 Å². The second-order valence-electron chi connectivity index (χ2n) is 6.13. The standard InChI is InChI=1S/C21H25FN2O4/c1-3-4-11-28-18-10-9-15(12-19(18)27-2)13-23-20(25)14-24-21(26)16-7-5-6-8-17(16)22/h5-10,12H,3-4,11,13-14H2,1-2H3,(H,23,25)(H,24,26). The van der Waals surface area contributed by atoms with Gasteiger partial charge in [-0.3, -0.25) is 9.59 Å². The monoisotopic (exact) mass is 388 g/mol. The van der Waals surface area contributed by atoms with Gasteiger partial charge in [0.2, 0.25) is 5.91 Å². The van der Waals surface area contributed by atoms with Crippen molar-refractivity contribution in [3.05, 3.63) is 59.4 Å². The molecule has 2 N–H and O–H groups in total. The lowest BCUT2D eigenvalue weighted by Crippen LogP contribution is -2.36. The van der Waals surface area contributed by atoms with Crippen LogP contribution in [0.25, 0.3) is 0 Å². The molecule has 0 heterocycles. The molecule has 0 spiro atoms. The molecule has 28 heavy (non-hydrogen) atoms. The quantitative estimate of drug-likeness (QED) is 0.614. The van der Waals surface area contributed by atoms with Crippen LogP contribution in [0.15, 0.2) is 42.5 Å². The molecule has 0 radical (unpaired) electrons. The van der Waals surface area contributed by atoms with Crippen LogP contribution in [0.4, 0.5) is 4.39 Å². The van der Waals surface area contributed by atoms with Crippen molar-refractivity contribution in [2.75, 3.05) is 20.3 Å². The van der Waals surface area contributed by atoms with Gasteiger partial charge in [0, 0.05) is 6.54 Å². The van der Waals surface area contributed by atoms with Crippen molar-refractivity contribution in [3.8, 4) is 11.5 Å². The van der Waals surface area contributed by atoms with Gasteiger partial charge in [-0.25, -0.2) is 4.39 Å². The molecule has 0 aliphatic heterocycles. The molecule has 150 valence electrons. The van der Waals surface area contributed by atoms with E-state index in [0.29, 0.717) is 18.1 Å². The van der Waals surface area contributed by atoms with Crippen LogP contribution >= 0.6 is 0 Å². The molecule has 0 bridgehead atoms. The zero-order valence-electron chi connectivity index (χ0n) is 16.1. The molecule has 0 fully saturated rings. The highest BCUT2D eigenvalue weighted by molar-refractivity contribution is 5.96. The van der Waals surface area contributed by atoms with Crippen LogP contribution < -0.4 is 20.1 Å². The first-order valence-corrected chi connectivity index (χ1v) is 9.14. The zero-order chi connectivity index (χ0) is 20.4. The number of halogens is 1. The Kier molecular flexibility index (Phi) is 8.27. The van der Waals surface area contributed by atoms with Crippen LogP contribution in [-0.2, 0) is 11.3 Å². The number of carbonyl (C=O) groups is 2. The molecule has 0 atom stereocenters. The van der Waals surface area contributed by atoms with E-state index in [-0.39, 0.29) is 24.6 Å². The van der Waals surface area contributed by atoms with Gasteiger partial charge in [0.25, 0.3) is 5.91 Å². The molecule has 0 saturated heterocycles. The Hall–Kier alpha value is -3.09. The van der Waals surface area contributed by atoms with Crippen molar-refractivity contribution in [2.24, 2.45) is 0 Å². The largest absolute Gasteiger partial charge is 0.493 e. The molecule has 7 heteroatoms. The predicted octanol–water partition coefficient (Wildman–Crippen LogP) is 3.06. The summed E-state index contributed by atoms with van der Waals surface area (Å²) in [6.45, 7) is 2.72. The fourth-order valence-corrected chi connectivity index (χ4v) is 2.43. The summed E-state index contributed by atoms with van der Waals surface area (Å²) in [5.41, 5.74) is 0.729. The smallest absolute Gasteiger partial charge is 0.254 e. The highest BCUT2D eigenvalue weighted by atomic mass is 19.1. The first-order chi connectivity index (χ1) is 13.5. The van der Waals surface area contributed by atoms with Gasteiger partial charge >= 0.3 is 0 Å². The number of hydrogen-bond acceptors (Lipinski definition) is 4. The molecule has 2 rings (SSSR count). The van der Waals surface area contributed by atoms with Crippen molar-refractivity contribution in [3.63, 3.8) is 0 Å². The summed E-state index contributed by atoms with van der Waals surface area (Å²) in [7, 11) is 1.56. The topological polar surface area (TPSA) is 76.7 Å². The molecule has 0 aliphatic carbocycles. The van der Waals surface area contributed by atoms with Gasteiger partial charge in [0.15, 0.2) is 11.5 Å². The Morgan fingerprint density at radius 2 is 1.86 bits per heavy atom. The Morgan fingerprint density at radius 1 is 1.07 bits per heavy atom. The number of nitrogens with one attached hydrogen (secondary N) is 2. The molecule has 2 aromatic carbocycles. The van der Waals surface area contributed by atoms with Crippen LogP contribution in [0.3, 0.4) is 0 Å². The second-order valence-corrected chi connectivity index (χ2v) is 6.13. The average Bonchev–Trinajstić information content (AvgIpc) is 2.71. The number of benzene rings is 2. The Morgan fingerprint density at radius 3 is 2.57 bits per heavy atom. The maximum atomic E-state index is 13.6. The minimum Gasteiger partial charge on any atom is -0.493 e. The molecule has 0 aliphatic rings.